The molecule has 1 heterocycles. The van der Waals surface area contributed by atoms with Gasteiger partial charge in [0.05, 0.1) is 17.9 Å². The Morgan fingerprint density at radius 2 is 1.86 bits per heavy atom. The summed E-state index contributed by atoms with van der Waals surface area (Å²) in [5, 5.41) is 15.1. The van der Waals surface area contributed by atoms with Crippen molar-refractivity contribution in [2.24, 2.45) is 18.4 Å². The summed E-state index contributed by atoms with van der Waals surface area (Å²) in [5.41, 5.74) is 3.70. The highest BCUT2D eigenvalue weighted by Crippen LogP contribution is 2.58. The maximum Gasteiger partial charge on any atom is 0.230 e. The van der Waals surface area contributed by atoms with Gasteiger partial charge in [0.25, 0.3) is 0 Å². The van der Waals surface area contributed by atoms with Crippen LogP contribution in [-0.2, 0) is 17.3 Å². The first-order valence-corrected chi connectivity index (χ1v) is 13.3. The normalized spacial score (nSPS) is 33.7. The molecule has 6 heteroatoms. The van der Waals surface area contributed by atoms with Gasteiger partial charge >= 0.3 is 0 Å². The van der Waals surface area contributed by atoms with Gasteiger partial charge in [0.2, 0.25) is 5.91 Å². The molecule has 0 saturated heterocycles. The number of carbonyl (C=O) groups is 1. The van der Waals surface area contributed by atoms with Crippen LogP contribution in [0.4, 0.5) is 11.4 Å². The van der Waals surface area contributed by atoms with Gasteiger partial charge in [-0.1, -0.05) is 12.1 Å². The van der Waals surface area contributed by atoms with Crippen molar-refractivity contribution >= 4 is 17.3 Å². The molecule has 1 aromatic carbocycles. The zero-order valence-corrected chi connectivity index (χ0v) is 21.0. The quantitative estimate of drug-likeness (QED) is 0.554. The number of hydrogen-bond acceptors (Lipinski definition) is 3. The van der Waals surface area contributed by atoms with Gasteiger partial charge in [-0.25, -0.2) is 4.85 Å². The van der Waals surface area contributed by atoms with Crippen molar-refractivity contribution in [2.75, 3.05) is 11.4 Å². The van der Waals surface area contributed by atoms with E-state index in [0.717, 1.165) is 44.2 Å². The van der Waals surface area contributed by atoms with Gasteiger partial charge in [0.1, 0.15) is 0 Å². The van der Waals surface area contributed by atoms with Crippen LogP contribution in [-0.4, -0.2) is 32.9 Å². The Morgan fingerprint density at radius 1 is 1.17 bits per heavy atom. The highest BCUT2D eigenvalue weighted by molar-refractivity contribution is 5.96. The molecule has 1 amide bonds. The third kappa shape index (κ3) is 3.98. The summed E-state index contributed by atoms with van der Waals surface area (Å²) in [6.45, 7) is 9.96. The number of anilines is 1. The smallest absolute Gasteiger partial charge is 0.230 e. The van der Waals surface area contributed by atoms with Crippen molar-refractivity contribution in [2.45, 2.75) is 88.1 Å². The lowest BCUT2D eigenvalue weighted by Crippen LogP contribution is -2.54. The van der Waals surface area contributed by atoms with E-state index in [4.69, 9.17) is 11.7 Å². The minimum Gasteiger partial charge on any atom is -0.390 e. The molecule has 5 fully saturated rings. The summed E-state index contributed by atoms with van der Waals surface area (Å²) in [7, 11) is 2.12. The molecule has 0 unspecified atom stereocenters. The molecule has 2 bridgehead atoms. The number of aliphatic hydroxyl groups is 1. The van der Waals surface area contributed by atoms with Crippen molar-refractivity contribution in [3.05, 3.63) is 53.1 Å². The molecule has 2 aromatic rings. The van der Waals surface area contributed by atoms with Gasteiger partial charge in [-0.15, -0.1) is 0 Å². The number of rotatable bonds is 6. The fourth-order valence-electron chi connectivity index (χ4n) is 7.21. The standard InChI is InChI=1S/C29H36N4O2/c1-27(35)17-21(18-27)26(34)33(23-6-4-5-22(15-23)30-2)19-28-9-12-29(13-10-28,14-11-28)25-16-24(20-7-8-20)31-32(25)3/h4-6,15-16,20-21,35H,7-14,17-19H2,1,3H3. The van der Waals surface area contributed by atoms with E-state index < -0.39 is 5.60 Å². The molecule has 0 aliphatic heterocycles. The number of benzene rings is 1. The maximum absolute atomic E-state index is 13.7. The summed E-state index contributed by atoms with van der Waals surface area (Å²) in [5.74, 6) is 0.645. The summed E-state index contributed by atoms with van der Waals surface area (Å²) in [4.78, 5) is 19.2. The number of nitrogens with zero attached hydrogens (tertiary/aromatic N) is 4. The summed E-state index contributed by atoms with van der Waals surface area (Å²) < 4.78 is 2.15. The van der Waals surface area contributed by atoms with E-state index in [2.05, 4.69) is 22.6 Å². The van der Waals surface area contributed by atoms with Crippen LogP contribution in [0.25, 0.3) is 4.85 Å². The van der Waals surface area contributed by atoms with Gasteiger partial charge in [-0.2, -0.15) is 5.10 Å². The number of fused-ring (bicyclic) bond motifs is 3. The monoisotopic (exact) mass is 472 g/mol. The Labute approximate surface area is 208 Å². The first-order chi connectivity index (χ1) is 16.7. The number of carbonyl (C=O) groups excluding carboxylic acids is 1. The van der Waals surface area contributed by atoms with Gasteiger partial charge in [-0.05, 0) is 94.7 Å². The van der Waals surface area contributed by atoms with E-state index in [-0.39, 0.29) is 22.7 Å². The number of aryl methyl sites for hydroxylation is 1. The summed E-state index contributed by atoms with van der Waals surface area (Å²) >= 11 is 0. The van der Waals surface area contributed by atoms with Crippen molar-refractivity contribution in [3.8, 4) is 0 Å². The average Bonchev–Trinajstić information content (AvgIpc) is 3.63. The van der Waals surface area contributed by atoms with Crippen LogP contribution in [0.3, 0.4) is 0 Å². The predicted octanol–water partition coefficient (Wildman–Crippen LogP) is 5.63. The Hall–Kier alpha value is -2.65. The lowest BCUT2D eigenvalue weighted by Gasteiger charge is -2.55. The van der Waals surface area contributed by atoms with Crippen LogP contribution >= 0.6 is 0 Å². The van der Waals surface area contributed by atoms with Crippen molar-refractivity contribution in [1.29, 1.82) is 0 Å². The van der Waals surface area contributed by atoms with E-state index in [1.165, 1.54) is 24.2 Å². The van der Waals surface area contributed by atoms with E-state index in [1.54, 1.807) is 6.07 Å². The first-order valence-electron chi connectivity index (χ1n) is 13.3. The zero-order valence-electron chi connectivity index (χ0n) is 21.0. The Kier molecular flexibility index (Phi) is 5.16. The molecule has 0 spiro atoms. The minimum absolute atomic E-state index is 0.108. The molecular weight excluding hydrogens is 436 g/mol. The molecule has 35 heavy (non-hydrogen) atoms. The molecule has 6 nitrogen and oxygen atoms in total. The third-order valence-corrected chi connectivity index (χ3v) is 9.59. The third-order valence-electron chi connectivity index (χ3n) is 9.59. The molecule has 184 valence electrons. The molecule has 1 aromatic heterocycles. The fourth-order valence-corrected chi connectivity index (χ4v) is 7.21. The molecule has 1 N–H and O–H groups in total. The topological polar surface area (TPSA) is 62.7 Å². The molecule has 0 atom stereocenters. The van der Waals surface area contributed by atoms with E-state index in [9.17, 15) is 9.90 Å². The van der Waals surface area contributed by atoms with Gasteiger partial charge < -0.3 is 10.0 Å². The first kappa shape index (κ1) is 22.8. The van der Waals surface area contributed by atoms with Crippen molar-refractivity contribution in [1.82, 2.24) is 9.78 Å². The molecule has 0 radical (unpaired) electrons. The predicted molar refractivity (Wildman–Crippen MR) is 135 cm³/mol. The largest absolute Gasteiger partial charge is 0.390 e. The Balaban J connectivity index is 1.24. The Morgan fingerprint density at radius 3 is 2.46 bits per heavy atom. The maximum atomic E-state index is 13.7. The highest BCUT2D eigenvalue weighted by Gasteiger charge is 2.52. The molecule has 5 saturated carbocycles. The SMILES string of the molecule is [C-]#[N+]c1cccc(N(CC23CCC(c4cc(C5CC5)nn4C)(CC2)CC3)C(=O)C2CC(C)(O)C2)c1. The van der Waals surface area contributed by atoms with Crippen molar-refractivity contribution in [3.63, 3.8) is 0 Å². The summed E-state index contributed by atoms with van der Waals surface area (Å²) in [6.07, 6.45) is 10.4. The van der Waals surface area contributed by atoms with Crippen LogP contribution in [0, 0.1) is 17.9 Å². The minimum atomic E-state index is -0.736. The lowest BCUT2D eigenvalue weighted by molar-refractivity contribution is -0.137. The lowest BCUT2D eigenvalue weighted by atomic mass is 9.52. The van der Waals surface area contributed by atoms with E-state index in [1.807, 2.05) is 30.0 Å². The van der Waals surface area contributed by atoms with E-state index in [0.29, 0.717) is 31.0 Å². The second kappa shape index (κ2) is 7.93. The fraction of sp³-hybridized carbons (Fsp3) is 0.621. The average molecular weight is 473 g/mol. The summed E-state index contributed by atoms with van der Waals surface area (Å²) in [6, 6.07) is 9.88. The van der Waals surface area contributed by atoms with Crippen LogP contribution in [0.1, 0.15) is 88.4 Å². The van der Waals surface area contributed by atoms with Gasteiger partial charge in [0.15, 0.2) is 5.69 Å². The van der Waals surface area contributed by atoms with Crippen molar-refractivity contribution < 1.29 is 9.90 Å². The second-order valence-electron chi connectivity index (χ2n) is 12.3. The molecule has 5 aliphatic rings. The molecule has 5 aliphatic carbocycles. The number of aromatic nitrogens is 2. The van der Waals surface area contributed by atoms with E-state index >= 15 is 0 Å². The van der Waals surface area contributed by atoms with Gasteiger partial charge in [0, 0.05) is 42.2 Å². The Bertz CT molecular complexity index is 1170. The van der Waals surface area contributed by atoms with Crippen LogP contribution < -0.4 is 4.90 Å². The van der Waals surface area contributed by atoms with Crippen LogP contribution in [0.5, 0.6) is 0 Å². The highest BCUT2D eigenvalue weighted by atomic mass is 16.3. The number of amides is 1. The van der Waals surface area contributed by atoms with Crippen LogP contribution in [0.2, 0.25) is 0 Å². The molecule has 7 rings (SSSR count). The molecular formula is C29H36N4O2. The van der Waals surface area contributed by atoms with Gasteiger partial charge in [-0.3, -0.25) is 9.48 Å². The zero-order chi connectivity index (χ0) is 24.4. The van der Waals surface area contributed by atoms with Crippen LogP contribution in [0.15, 0.2) is 30.3 Å². The second-order valence-corrected chi connectivity index (χ2v) is 12.3. The number of hydrogen-bond donors (Lipinski definition) is 1.